The summed E-state index contributed by atoms with van der Waals surface area (Å²) in [6.07, 6.45) is 2.62. The van der Waals surface area contributed by atoms with Crippen LogP contribution in [0, 0.1) is 0 Å². The number of aryl methyl sites for hydroxylation is 1. The van der Waals surface area contributed by atoms with Crippen LogP contribution in [0.3, 0.4) is 0 Å². The summed E-state index contributed by atoms with van der Waals surface area (Å²) in [4.78, 5) is 23.6. The first-order valence-corrected chi connectivity index (χ1v) is 7.43. The van der Waals surface area contributed by atoms with E-state index < -0.39 is 0 Å². The molecule has 0 saturated carbocycles. The van der Waals surface area contributed by atoms with Gasteiger partial charge in [-0.3, -0.25) is 9.59 Å². The molecule has 1 amide bonds. The van der Waals surface area contributed by atoms with Crippen LogP contribution in [-0.2, 0) is 11.3 Å². The first-order valence-electron chi connectivity index (χ1n) is 7.05. The summed E-state index contributed by atoms with van der Waals surface area (Å²) < 4.78 is 1.33. The van der Waals surface area contributed by atoms with Gasteiger partial charge in [0.1, 0.15) is 5.02 Å². The lowest BCUT2D eigenvalue weighted by atomic mass is 10.1. The minimum atomic E-state index is -0.317. The Kier molecular flexibility index (Phi) is 6.20. The summed E-state index contributed by atoms with van der Waals surface area (Å²) in [6.45, 7) is 8.65. The number of amides is 1. The quantitative estimate of drug-likeness (QED) is 0.842. The van der Waals surface area contributed by atoms with Crippen LogP contribution in [-0.4, -0.2) is 27.8 Å². The summed E-state index contributed by atoms with van der Waals surface area (Å²) in [7, 11) is 0. The standard InChI is InChI=1S/C14H23ClN4O2/c1-5-8-19-13(21)12(15)10(9-17-19)16-7-6-11(20)18-14(2,3)4/h9,16H,5-8H2,1-4H3,(H,18,20). The van der Waals surface area contributed by atoms with Crippen molar-refractivity contribution in [3.8, 4) is 0 Å². The van der Waals surface area contributed by atoms with Gasteiger partial charge in [-0.05, 0) is 27.2 Å². The molecule has 0 radical (unpaired) electrons. The molecule has 0 bridgehead atoms. The van der Waals surface area contributed by atoms with Gasteiger partial charge in [0.05, 0.1) is 11.9 Å². The van der Waals surface area contributed by atoms with Crippen molar-refractivity contribution in [2.45, 2.75) is 52.6 Å². The highest BCUT2D eigenvalue weighted by atomic mass is 35.5. The molecule has 0 spiro atoms. The van der Waals surface area contributed by atoms with E-state index >= 15 is 0 Å². The minimum absolute atomic E-state index is 0.0570. The molecule has 0 fully saturated rings. The zero-order valence-corrected chi connectivity index (χ0v) is 13.8. The average molecular weight is 315 g/mol. The van der Waals surface area contributed by atoms with Crippen LogP contribution in [0.1, 0.15) is 40.5 Å². The van der Waals surface area contributed by atoms with Crippen molar-refractivity contribution in [2.75, 3.05) is 11.9 Å². The first-order chi connectivity index (χ1) is 9.74. The van der Waals surface area contributed by atoms with E-state index in [1.165, 1.54) is 10.9 Å². The highest BCUT2D eigenvalue weighted by Crippen LogP contribution is 2.15. The number of nitrogens with zero attached hydrogens (tertiary/aromatic N) is 2. The number of nitrogens with one attached hydrogen (secondary N) is 2. The molecule has 0 aliphatic carbocycles. The van der Waals surface area contributed by atoms with Crippen molar-refractivity contribution in [1.82, 2.24) is 15.1 Å². The molecular weight excluding hydrogens is 292 g/mol. The summed E-state index contributed by atoms with van der Waals surface area (Å²) in [5, 5.41) is 9.98. The number of halogens is 1. The molecule has 21 heavy (non-hydrogen) atoms. The van der Waals surface area contributed by atoms with E-state index in [4.69, 9.17) is 11.6 Å². The van der Waals surface area contributed by atoms with Crippen LogP contribution in [0.15, 0.2) is 11.0 Å². The number of hydrogen-bond donors (Lipinski definition) is 2. The van der Waals surface area contributed by atoms with Crippen molar-refractivity contribution in [1.29, 1.82) is 0 Å². The molecule has 1 heterocycles. The third kappa shape index (κ3) is 5.75. The largest absolute Gasteiger partial charge is 0.382 e. The molecule has 0 aliphatic rings. The first kappa shape index (κ1) is 17.5. The fourth-order valence-electron chi connectivity index (χ4n) is 1.75. The highest BCUT2D eigenvalue weighted by Gasteiger charge is 2.14. The van der Waals surface area contributed by atoms with Gasteiger partial charge in [-0.1, -0.05) is 18.5 Å². The molecule has 0 saturated heterocycles. The fourth-order valence-corrected chi connectivity index (χ4v) is 1.96. The van der Waals surface area contributed by atoms with E-state index in [-0.39, 0.29) is 22.0 Å². The third-order valence-corrected chi connectivity index (χ3v) is 2.97. The zero-order valence-electron chi connectivity index (χ0n) is 13.0. The smallest absolute Gasteiger partial charge is 0.287 e. The fraction of sp³-hybridized carbons (Fsp3) is 0.643. The molecule has 0 atom stereocenters. The van der Waals surface area contributed by atoms with E-state index in [0.717, 1.165) is 6.42 Å². The van der Waals surface area contributed by atoms with E-state index in [0.29, 0.717) is 25.2 Å². The Morgan fingerprint density at radius 3 is 2.67 bits per heavy atom. The Morgan fingerprint density at radius 1 is 1.43 bits per heavy atom. The summed E-state index contributed by atoms with van der Waals surface area (Å²) >= 11 is 6.02. The number of hydrogen-bond acceptors (Lipinski definition) is 4. The predicted molar refractivity (Wildman–Crippen MR) is 84.8 cm³/mol. The summed E-state index contributed by atoms with van der Waals surface area (Å²) in [5.74, 6) is -0.0570. The van der Waals surface area contributed by atoms with Crippen LogP contribution in [0.4, 0.5) is 5.69 Å². The van der Waals surface area contributed by atoms with Gasteiger partial charge in [0.2, 0.25) is 5.91 Å². The second-order valence-electron chi connectivity index (χ2n) is 5.88. The molecule has 2 N–H and O–H groups in total. The number of carbonyl (C=O) groups is 1. The SMILES string of the molecule is CCCn1ncc(NCCC(=O)NC(C)(C)C)c(Cl)c1=O. The maximum absolute atomic E-state index is 11.9. The van der Waals surface area contributed by atoms with Crippen molar-refractivity contribution < 1.29 is 4.79 Å². The van der Waals surface area contributed by atoms with E-state index in [9.17, 15) is 9.59 Å². The van der Waals surface area contributed by atoms with Crippen LogP contribution in [0.2, 0.25) is 5.02 Å². The number of rotatable bonds is 6. The summed E-state index contributed by atoms with van der Waals surface area (Å²) in [6, 6.07) is 0. The molecule has 0 aromatic carbocycles. The Morgan fingerprint density at radius 2 is 2.10 bits per heavy atom. The highest BCUT2D eigenvalue weighted by molar-refractivity contribution is 6.32. The van der Waals surface area contributed by atoms with Gasteiger partial charge in [0.25, 0.3) is 5.56 Å². The van der Waals surface area contributed by atoms with Crippen LogP contribution in [0.5, 0.6) is 0 Å². The Labute approximate surface area is 129 Å². The lowest BCUT2D eigenvalue weighted by molar-refractivity contribution is -0.122. The maximum Gasteiger partial charge on any atom is 0.287 e. The number of anilines is 1. The van der Waals surface area contributed by atoms with Gasteiger partial charge in [-0.15, -0.1) is 0 Å². The molecule has 7 heteroatoms. The van der Waals surface area contributed by atoms with Crippen molar-refractivity contribution in [3.05, 3.63) is 21.6 Å². The van der Waals surface area contributed by atoms with Gasteiger partial charge in [-0.25, -0.2) is 4.68 Å². The average Bonchev–Trinajstić information content (AvgIpc) is 2.36. The van der Waals surface area contributed by atoms with Crippen LogP contribution < -0.4 is 16.2 Å². The normalized spacial score (nSPS) is 11.3. The lowest BCUT2D eigenvalue weighted by Gasteiger charge is -2.20. The zero-order chi connectivity index (χ0) is 16.0. The van der Waals surface area contributed by atoms with Gasteiger partial charge >= 0.3 is 0 Å². The lowest BCUT2D eigenvalue weighted by Crippen LogP contribution is -2.41. The van der Waals surface area contributed by atoms with Crippen molar-refractivity contribution in [2.24, 2.45) is 0 Å². The number of carbonyl (C=O) groups excluding carboxylic acids is 1. The van der Waals surface area contributed by atoms with Gasteiger partial charge < -0.3 is 10.6 Å². The Balaban J connectivity index is 2.59. The van der Waals surface area contributed by atoms with E-state index in [2.05, 4.69) is 15.7 Å². The molecular formula is C14H23ClN4O2. The Hall–Kier alpha value is -1.56. The second-order valence-corrected chi connectivity index (χ2v) is 6.25. The van der Waals surface area contributed by atoms with Gasteiger partial charge in [0.15, 0.2) is 0 Å². The summed E-state index contributed by atoms with van der Waals surface area (Å²) in [5.41, 5.74) is -0.114. The molecule has 0 aliphatic heterocycles. The molecule has 118 valence electrons. The predicted octanol–water partition coefficient (Wildman–Crippen LogP) is 2.02. The van der Waals surface area contributed by atoms with E-state index in [1.54, 1.807) is 0 Å². The topological polar surface area (TPSA) is 76.0 Å². The second kappa shape index (κ2) is 7.45. The third-order valence-electron chi connectivity index (χ3n) is 2.60. The molecule has 1 aromatic rings. The van der Waals surface area contributed by atoms with Crippen molar-refractivity contribution >= 4 is 23.2 Å². The van der Waals surface area contributed by atoms with Crippen LogP contribution in [0.25, 0.3) is 0 Å². The van der Waals surface area contributed by atoms with E-state index in [1.807, 2.05) is 27.7 Å². The van der Waals surface area contributed by atoms with Gasteiger partial charge in [0, 0.05) is 25.0 Å². The number of aromatic nitrogens is 2. The molecule has 1 rings (SSSR count). The Bertz CT molecular complexity index is 549. The van der Waals surface area contributed by atoms with Crippen molar-refractivity contribution in [3.63, 3.8) is 0 Å². The minimum Gasteiger partial charge on any atom is -0.382 e. The van der Waals surface area contributed by atoms with Gasteiger partial charge in [-0.2, -0.15) is 5.10 Å². The van der Waals surface area contributed by atoms with Crippen LogP contribution >= 0.6 is 11.6 Å². The molecule has 6 nitrogen and oxygen atoms in total. The molecule has 0 unspecified atom stereocenters. The monoisotopic (exact) mass is 314 g/mol. The molecule has 1 aromatic heterocycles. The maximum atomic E-state index is 11.9.